The Morgan fingerprint density at radius 1 is 1.28 bits per heavy atom. The summed E-state index contributed by atoms with van der Waals surface area (Å²) in [6, 6.07) is 5.72. The first-order valence-electron chi connectivity index (χ1n) is 8.57. The summed E-state index contributed by atoms with van der Waals surface area (Å²) in [5.74, 6) is 0.0713. The molecule has 2 aromatic rings. The number of benzene rings is 1. The second-order valence-corrected chi connectivity index (χ2v) is 6.41. The molecule has 0 spiro atoms. The summed E-state index contributed by atoms with van der Waals surface area (Å²) in [5, 5.41) is 8.09. The van der Waals surface area contributed by atoms with Gasteiger partial charge in [0, 0.05) is 23.0 Å². The van der Waals surface area contributed by atoms with Crippen molar-refractivity contribution in [1.82, 2.24) is 4.98 Å². The van der Waals surface area contributed by atoms with Crippen LogP contribution < -0.4 is 5.73 Å². The first kappa shape index (κ1) is 20.9. The summed E-state index contributed by atoms with van der Waals surface area (Å²) in [6.07, 6.45) is 11.0. The monoisotopic (exact) mass is 357 g/mol. The van der Waals surface area contributed by atoms with Crippen molar-refractivity contribution in [2.45, 2.75) is 47.0 Å². The molecule has 3 N–H and O–H groups in total. The van der Waals surface area contributed by atoms with Crippen LogP contribution in [0.2, 0.25) is 5.02 Å². The van der Waals surface area contributed by atoms with Gasteiger partial charge in [0.2, 0.25) is 0 Å². The Hall–Kier alpha value is -2.13. The molecule has 0 unspecified atom stereocenters. The Kier molecular flexibility index (Phi) is 8.93. The molecule has 0 aliphatic heterocycles. The minimum atomic E-state index is 0.0713. The number of pyridine rings is 1. The van der Waals surface area contributed by atoms with Crippen molar-refractivity contribution in [1.29, 1.82) is 5.41 Å². The quantitative estimate of drug-likeness (QED) is 0.532. The largest absolute Gasteiger partial charge is 0.384 e. The fourth-order valence-electron chi connectivity index (χ4n) is 2.43. The molecule has 0 bridgehead atoms. The van der Waals surface area contributed by atoms with Crippen LogP contribution in [0.1, 0.15) is 54.5 Å². The Morgan fingerprint density at radius 3 is 2.52 bits per heavy atom. The first-order chi connectivity index (χ1) is 11.9. The van der Waals surface area contributed by atoms with Gasteiger partial charge in [-0.2, -0.15) is 0 Å². The molecule has 0 atom stereocenters. The number of hydrogen-bond acceptors (Lipinski definition) is 2. The van der Waals surface area contributed by atoms with Crippen LogP contribution in [0.5, 0.6) is 0 Å². The maximum absolute atomic E-state index is 7.36. The molecule has 0 saturated heterocycles. The number of nitrogen functional groups attached to an aromatic ring is 1. The molecule has 2 rings (SSSR count). The fraction of sp³-hybridized carbons (Fsp3) is 0.333. The molecule has 134 valence electrons. The Bertz CT molecular complexity index is 713. The minimum absolute atomic E-state index is 0.0713. The highest BCUT2D eigenvalue weighted by atomic mass is 35.5. The van der Waals surface area contributed by atoms with E-state index in [1.165, 1.54) is 16.7 Å². The number of nitrogens with one attached hydrogen (secondary N) is 1. The number of nitrogens with zero attached hydrogens (tertiary/aromatic N) is 1. The standard InChI is InChI=1S/C12H17ClN2.C9H11N/c1-3-4-5-10-8(2)6-9(12(14)15)7-11(10)13;1-3-4-9-7-10-6-5-8(9)2/h6-7H,3-5H2,1-2H3,(H3,14,15);3-7H,1-2H3/b;4-3-. The second kappa shape index (κ2) is 10.7. The van der Waals surface area contributed by atoms with E-state index < -0.39 is 0 Å². The molecule has 25 heavy (non-hydrogen) atoms. The van der Waals surface area contributed by atoms with Crippen molar-refractivity contribution in [3.8, 4) is 0 Å². The number of aryl methyl sites for hydroxylation is 2. The summed E-state index contributed by atoms with van der Waals surface area (Å²) in [5.41, 5.74) is 10.9. The average Bonchev–Trinajstić information content (AvgIpc) is 2.57. The van der Waals surface area contributed by atoms with Gasteiger partial charge in [-0.3, -0.25) is 10.4 Å². The lowest BCUT2D eigenvalue weighted by Gasteiger charge is -2.10. The highest BCUT2D eigenvalue weighted by molar-refractivity contribution is 6.31. The maximum Gasteiger partial charge on any atom is 0.122 e. The van der Waals surface area contributed by atoms with Crippen LogP contribution in [-0.2, 0) is 6.42 Å². The number of allylic oxidation sites excluding steroid dienone is 1. The Balaban J connectivity index is 0.000000271. The zero-order valence-electron chi connectivity index (χ0n) is 15.6. The molecule has 0 radical (unpaired) electrons. The van der Waals surface area contributed by atoms with Gasteiger partial charge in [-0.05, 0) is 74.1 Å². The van der Waals surface area contributed by atoms with E-state index in [-0.39, 0.29) is 5.84 Å². The molecular weight excluding hydrogens is 330 g/mol. The average molecular weight is 358 g/mol. The van der Waals surface area contributed by atoms with E-state index >= 15 is 0 Å². The highest BCUT2D eigenvalue weighted by Crippen LogP contribution is 2.23. The van der Waals surface area contributed by atoms with Gasteiger partial charge in [-0.1, -0.05) is 37.1 Å². The molecule has 4 heteroatoms. The van der Waals surface area contributed by atoms with E-state index in [0.717, 1.165) is 29.8 Å². The van der Waals surface area contributed by atoms with Gasteiger partial charge in [-0.15, -0.1) is 0 Å². The van der Waals surface area contributed by atoms with Crippen LogP contribution in [-0.4, -0.2) is 10.8 Å². The van der Waals surface area contributed by atoms with E-state index in [9.17, 15) is 0 Å². The Labute approximate surface area is 156 Å². The molecular formula is C21H28ClN3. The minimum Gasteiger partial charge on any atom is -0.384 e. The van der Waals surface area contributed by atoms with Crippen LogP contribution in [0.3, 0.4) is 0 Å². The molecule has 0 amide bonds. The SMILES string of the molecule is C/C=C\c1cnccc1C.CCCCc1c(C)cc(C(=N)N)cc1Cl. The summed E-state index contributed by atoms with van der Waals surface area (Å²) in [7, 11) is 0. The third-order valence-electron chi connectivity index (χ3n) is 3.94. The van der Waals surface area contributed by atoms with Crippen molar-refractivity contribution in [2.75, 3.05) is 0 Å². The van der Waals surface area contributed by atoms with Gasteiger partial charge in [0.15, 0.2) is 0 Å². The lowest BCUT2D eigenvalue weighted by Crippen LogP contribution is -2.11. The molecule has 3 nitrogen and oxygen atoms in total. The smallest absolute Gasteiger partial charge is 0.122 e. The predicted molar refractivity (Wildman–Crippen MR) is 109 cm³/mol. The first-order valence-corrected chi connectivity index (χ1v) is 8.95. The molecule has 0 aliphatic rings. The van der Waals surface area contributed by atoms with Crippen molar-refractivity contribution in [3.05, 3.63) is 69.5 Å². The van der Waals surface area contributed by atoms with E-state index in [0.29, 0.717) is 5.56 Å². The van der Waals surface area contributed by atoms with E-state index in [1.54, 1.807) is 6.07 Å². The van der Waals surface area contributed by atoms with Crippen LogP contribution in [0.25, 0.3) is 6.08 Å². The topological polar surface area (TPSA) is 62.8 Å². The molecule has 0 fully saturated rings. The molecule has 1 aromatic heterocycles. The van der Waals surface area contributed by atoms with E-state index in [1.807, 2.05) is 44.4 Å². The van der Waals surface area contributed by atoms with E-state index in [2.05, 4.69) is 24.9 Å². The van der Waals surface area contributed by atoms with Crippen molar-refractivity contribution in [2.24, 2.45) is 5.73 Å². The van der Waals surface area contributed by atoms with Crippen LogP contribution >= 0.6 is 11.6 Å². The van der Waals surface area contributed by atoms with Gasteiger partial charge >= 0.3 is 0 Å². The van der Waals surface area contributed by atoms with E-state index in [4.69, 9.17) is 22.7 Å². The fourth-order valence-corrected chi connectivity index (χ4v) is 2.79. The number of rotatable bonds is 5. The number of nitrogens with two attached hydrogens (primary N) is 1. The number of halogens is 1. The normalized spacial score (nSPS) is 10.4. The number of aromatic nitrogens is 1. The van der Waals surface area contributed by atoms with Crippen molar-refractivity contribution >= 4 is 23.5 Å². The number of unbranched alkanes of at least 4 members (excludes halogenated alkanes) is 1. The second-order valence-electron chi connectivity index (χ2n) is 6.00. The van der Waals surface area contributed by atoms with Crippen molar-refractivity contribution in [3.63, 3.8) is 0 Å². The van der Waals surface area contributed by atoms with Gasteiger partial charge in [0.1, 0.15) is 5.84 Å². The van der Waals surface area contributed by atoms with Gasteiger partial charge < -0.3 is 5.73 Å². The highest BCUT2D eigenvalue weighted by Gasteiger charge is 2.07. The zero-order chi connectivity index (χ0) is 18.8. The van der Waals surface area contributed by atoms with Gasteiger partial charge in [-0.25, -0.2) is 0 Å². The zero-order valence-corrected chi connectivity index (χ0v) is 16.3. The third-order valence-corrected chi connectivity index (χ3v) is 4.27. The predicted octanol–water partition coefficient (Wildman–Crippen LogP) is 5.70. The summed E-state index contributed by atoms with van der Waals surface area (Å²) < 4.78 is 0. The summed E-state index contributed by atoms with van der Waals surface area (Å²) in [4.78, 5) is 4.01. The molecule has 1 heterocycles. The molecule has 0 aliphatic carbocycles. The van der Waals surface area contributed by atoms with Gasteiger partial charge in [0.25, 0.3) is 0 Å². The lowest BCUT2D eigenvalue weighted by molar-refractivity contribution is 0.791. The number of amidine groups is 1. The number of hydrogen-bond donors (Lipinski definition) is 2. The van der Waals surface area contributed by atoms with Crippen LogP contribution in [0.4, 0.5) is 0 Å². The molecule has 1 aromatic carbocycles. The summed E-state index contributed by atoms with van der Waals surface area (Å²) in [6.45, 7) is 8.26. The maximum atomic E-state index is 7.36. The summed E-state index contributed by atoms with van der Waals surface area (Å²) >= 11 is 6.16. The van der Waals surface area contributed by atoms with Gasteiger partial charge in [0.05, 0.1) is 0 Å². The Morgan fingerprint density at radius 2 is 2.00 bits per heavy atom. The molecule has 0 saturated carbocycles. The van der Waals surface area contributed by atoms with Crippen LogP contribution in [0, 0.1) is 19.3 Å². The van der Waals surface area contributed by atoms with Crippen LogP contribution in [0.15, 0.2) is 36.7 Å². The lowest BCUT2D eigenvalue weighted by atomic mass is 10.00. The third kappa shape index (κ3) is 6.71. The van der Waals surface area contributed by atoms with Crippen molar-refractivity contribution < 1.29 is 0 Å².